The van der Waals surface area contributed by atoms with Crippen molar-refractivity contribution >= 4 is 5.69 Å². The second kappa shape index (κ2) is 3.60. The molecular weight excluding hydrogens is 243 g/mol. The molecule has 1 spiro atoms. The maximum Gasteiger partial charge on any atom is 0.417 e. The molecular formula is C12H14F3N3. The topological polar surface area (TPSA) is 42.1 Å². The Balaban J connectivity index is 1.85. The predicted octanol–water partition coefficient (Wildman–Crippen LogP) is 2.03. The van der Waals surface area contributed by atoms with E-state index >= 15 is 0 Å². The number of hydrogen-bond donors (Lipinski definition) is 1. The second-order valence-electron chi connectivity index (χ2n) is 5.28. The van der Waals surface area contributed by atoms with Crippen molar-refractivity contribution in [3.63, 3.8) is 0 Å². The van der Waals surface area contributed by atoms with Crippen LogP contribution in [0.5, 0.6) is 0 Å². The molecule has 3 rings (SSSR count). The van der Waals surface area contributed by atoms with Gasteiger partial charge >= 0.3 is 6.18 Å². The maximum atomic E-state index is 12.6. The van der Waals surface area contributed by atoms with Crippen LogP contribution < -0.4 is 10.6 Å². The van der Waals surface area contributed by atoms with E-state index in [1.807, 2.05) is 4.90 Å². The molecule has 6 heteroatoms. The van der Waals surface area contributed by atoms with Gasteiger partial charge in [-0.2, -0.15) is 13.2 Å². The van der Waals surface area contributed by atoms with Gasteiger partial charge in [-0.05, 0) is 18.9 Å². The molecule has 2 fully saturated rings. The summed E-state index contributed by atoms with van der Waals surface area (Å²) in [4.78, 5) is 5.60. The predicted molar refractivity (Wildman–Crippen MR) is 61.1 cm³/mol. The van der Waals surface area contributed by atoms with Crippen LogP contribution in [0.4, 0.5) is 18.9 Å². The Labute approximate surface area is 103 Å². The molecule has 0 aromatic carbocycles. The van der Waals surface area contributed by atoms with Gasteiger partial charge in [0.1, 0.15) is 0 Å². The van der Waals surface area contributed by atoms with Crippen LogP contribution in [-0.2, 0) is 6.18 Å². The van der Waals surface area contributed by atoms with E-state index < -0.39 is 11.7 Å². The average Bonchev–Trinajstić information content (AvgIpc) is 3.00. The summed E-state index contributed by atoms with van der Waals surface area (Å²) in [6.07, 6.45) is 0.145. The maximum absolute atomic E-state index is 12.6. The van der Waals surface area contributed by atoms with Crippen LogP contribution in [0.15, 0.2) is 18.5 Å². The lowest BCUT2D eigenvalue weighted by Crippen LogP contribution is -2.30. The minimum atomic E-state index is -4.35. The van der Waals surface area contributed by atoms with Gasteiger partial charge in [-0.15, -0.1) is 0 Å². The highest BCUT2D eigenvalue weighted by Crippen LogP contribution is 2.52. The van der Waals surface area contributed by atoms with Crippen molar-refractivity contribution < 1.29 is 13.2 Å². The van der Waals surface area contributed by atoms with E-state index in [-0.39, 0.29) is 11.5 Å². The lowest BCUT2D eigenvalue weighted by molar-refractivity contribution is -0.137. The number of nitrogens with zero attached hydrogens (tertiary/aromatic N) is 2. The van der Waals surface area contributed by atoms with Crippen LogP contribution >= 0.6 is 0 Å². The number of aromatic nitrogens is 1. The van der Waals surface area contributed by atoms with E-state index in [2.05, 4.69) is 4.98 Å². The molecule has 98 valence electrons. The third-order valence-corrected chi connectivity index (χ3v) is 4.02. The van der Waals surface area contributed by atoms with Gasteiger partial charge in [-0.1, -0.05) is 0 Å². The Bertz CT molecular complexity index is 468. The van der Waals surface area contributed by atoms with Crippen molar-refractivity contribution in [3.05, 3.63) is 24.0 Å². The molecule has 0 amide bonds. The molecule has 1 unspecified atom stereocenters. The summed E-state index contributed by atoms with van der Waals surface area (Å²) in [5.41, 5.74) is 6.00. The lowest BCUT2D eigenvalue weighted by Gasteiger charge is -2.19. The molecule has 1 aromatic rings. The second-order valence-corrected chi connectivity index (χ2v) is 5.28. The molecule has 1 aromatic heterocycles. The van der Waals surface area contributed by atoms with Crippen LogP contribution in [0.1, 0.15) is 18.4 Å². The lowest BCUT2D eigenvalue weighted by atomic mass is 10.0. The van der Waals surface area contributed by atoms with Gasteiger partial charge in [0.2, 0.25) is 0 Å². The first kappa shape index (κ1) is 11.8. The molecule has 3 nitrogen and oxygen atoms in total. The fraction of sp³-hybridized carbons (Fsp3) is 0.583. The number of halogens is 3. The van der Waals surface area contributed by atoms with E-state index in [1.165, 1.54) is 6.20 Å². The molecule has 1 saturated carbocycles. The summed E-state index contributed by atoms with van der Waals surface area (Å²) >= 11 is 0. The number of anilines is 1. The smallest absolute Gasteiger partial charge is 0.368 e. The molecule has 2 heterocycles. The van der Waals surface area contributed by atoms with Crippen molar-refractivity contribution in [1.82, 2.24) is 4.98 Å². The van der Waals surface area contributed by atoms with E-state index in [0.29, 0.717) is 12.2 Å². The van der Waals surface area contributed by atoms with Crippen molar-refractivity contribution in [1.29, 1.82) is 0 Å². The molecule has 2 N–H and O–H groups in total. The van der Waals surface area contributed by atoms with E-state index in [4.69, 9.17) is 5.73 Å². The fourth-order valence-electron chi connectivity index (χ4n) is 2.63. The van der Waals surface area contributed by atoms with Gasteiger partial charge in [0, 0.05) is 30.7 Å². The molecule has 0 radical (unpaired) electrons. The van der Waals surface area contributed by atoms with Crippen molar-refractivity contribution in [2.45, 2.75) is 25.1 Å². The first-order chi connectivity index (χ1) is 8.41. The van der Waals surface area contributed by atoms with Crippen LogP contribution in [0.2, 0.25) is 0 Å². The first-order valence-electron chi connectivity index (χ1n) is 5.94. The Hall–Kier alpha value is -1.30. The highest BCUT2D eigenvalue weighted by atomic mass is 19.4. The van der Waals surface area contributed by atoms with Crippen LogP contribution in [0.3, 0.4) is 0 Å². The number of pyridine rings is 1. The molecule has 18 heavy (non-hydrogen) atoms. The van der Waals surface area contributed by atoms with Gasteiger partial charge in [-0.25, -0.2) is 0 Å². The number of rotatable bonds is 1. The minimum Gasteiger partial charge on any atom is -0.368 e. The van der Waals surface area contributed by atoms with Crippen LogP contribution in [0, 0.1) is 5.41 Å². The summed E-state index contributed by atoms with van der Waals surface area (Å²) in [5.74, 6) is 0. The zero-order chi connectivity index (χ0) is 13.0. The van der Waals surface area contributed by atoms with Crippen LogP contribution in [0.25, 0.3) is 0 Å². The fourth-order valence-corrected chi connectivity index (χ4v) is 2.63. The van der Waals surface area contributed by atoms with Gasteiger partial charge in [0.25, 0.3) is 0 Å². The van der Waals surface area contributed by atoms with E-state index in [9.17, 15) is 13.2 Å². The van der Waals surface area contributed by atoms with Crippen LogP contribution in [-0.4, -0.2) is 24.1 Å². The first-order valence-corrected chi connectivity index (χ1v) is 5.94. The summed E-state index contributed by atoms with van der Waals surface area (Å²) in [6, 6.07) is 1.22. The Morgan fingerprint density at radius 1 is 1.33 bits per heavy atom. The van der Waals surface area contributed by atoms with Crippen molar-refractivity contribution in [2.24, 2.45) is 11.1 Å². The summed E-state index contributed by atoms with van der Waals surface area (Å²) < 4.78 is 37.8. The molecule has 1 saturated heterocycles. The normalized spacial score (nSPS) is 25.8. The minimum absolute atomic E-state index is 0.0621. The monoisotopic (exact) mass is 257 g/mol. The third kappa shape index (κ3) is 1.84. The zero-order valence-electron chi connectivity index (χ0n) is 9.74. The average molecular weight is 257 g/mol. The summed E-state index contributed by atoms with van der Waals surface area (Å²) in [5, 5.41) is 0. The summed E-state index contributed by atoms with van der Waals surface area (Å²) in [7, 11) is 0. The molecule has 1 atom stereocenters. The Morgan fingerprint density at radius 2 is 2.06 bits per heavy atom. The SMILES string of the molecule is NC1CN(c2cncc(C(F)(F)F)c2)CC12CC2. The molecule has 0 bridgehead atoms. The Kier molecular flexibility index (Phi) is 2.35. The highest BCUT2D eigenvalue weighted by molar-refractivity contribution is 5.49. The van der Waals surface area contributed by atoms with Gasteiger partial charge in [0.15, 0.2) is 0 Å². The molecule has 1 aliphatic carbocycles. The van der Waals surface area contributed by atoms with Gasteiger partial charge < -0.3 is 10.6 Å². The van der Waals surface area contributed by atoms with Gasteiger partial charge in [-0.3, -0.25) is 4.98 Å². The quantitative estimate of drug-likeness (QED) is 0.837. The number of nitrogens with two attached hydrogens (primary N) is 1. The number of alkyl halides is 3. The van der Waals surface area contributed by atoms with Crippen molar-refractivity contribution in [2.75, 3.05) is 18.0 Å². The highest BCUT2D eigenvalue weighted by Gasteiger charge is 2.53. The van der Waals surface area contributed by atoms with Gasteiger partial charge in [0.05, 0.1) is 17.4 Å². The zero-order valence-corrected chi connectivity index (χ0v) is 9.74. The molecule has 1 aliphatic heterocycles. The Morgan fingerprint density at radius 3 is 2.61 bits per heavy atom. The van der Waals surface area contributed by atoms with E-state index in [1.54, 1.807) is 0 Å². The third-order valence-electron chi connectivity index (χ3n) is 4.02. The van der Waals surface area contributed by atoms with E-state index in [0.717, 1.165) is 31.6 Å². The molecule has 2 aliphatic rings. The standard InChI is InChI=1S/C12H14F3N3/c13-12(14,15)8-3-9(5-17-4-8)18-6-10(16)11(7-18)1-2-11/h3-5,10H,1-2,6-7,16H2. The largest absolute Gasteiger partial charge is 0.417 e. The number of hydrogen-bond acceptors (Lipinski definition) is 3. The summed E-state index contributed by atoms with van der Waals surface area (Å²) in [6.45, 7) is 1.36. The van der Waals surface area contributed by atoms with Crippen molar-refractivity contribution in [3.8, 4) is 0 Å².